The number of nitrogens with two attached hydrogens (primary N) is 1. The summed E-state index contributed by atoms with van der Waals surface area (Å²) in [6, 6.07) is 11.3. The molecule has 4 N–H and O–H groups in total. The predicted molar refractivity (Wildman–Crippen MR) is 102 cm³/mol. The summed E-state index contributed by atoms with van der Waals surface area (Å²) in [6.45, 7) is 0.352. The van der Waals surface area contributed by atoms with Gasteiger partial charge in [-0.15, -0.1) is 13.2 Å². The lowest BCUT2D eigenvalue weighted by Crippen LogP contribution is -2.17. The number of benzene rings is 2. The topological polar surface area (TPSA) is 102 Å². The number of fused-ring (bicyclic) bond motifs is 1. The SMILES string of the molecule is Nc1n[nH]c2cc(-c3cnc(NCc4ccc(OC(F)(F)F)cc4)nc3)ccc12. The zero-order chi connectivity index (χ0) is 20.4. The molecule has 29 heavy (non-hydrogen) atoms. The third-order valence-electron chi connectivity index (χ3n) is 4.19. The van der Waals surface area contributed by atoms with Crippen LogP contribution in [0, 0.1) is 0 Å². The van der Waals surface area contributed by atoms with Gasteiger partial charge >= 0.3 is 6.36 Å². The van der Waals surface area contributed by atoms with Crippen LogP contribution in [-0.4, -0.2) is 26.5 Å². The van der Waals surface area contributed by atoms with Crippen LogP contribution in [-0.2, 0) is 6.54 Å². The van der Waals surface area contributed by atoms with Crippen LogP contribution in [0.4, 0.5) is 24.9 Å². The Balaban J connectivity index is 1.40. The Labute approximate surface area is 162 Å². The number of H-pyrrole nitrogens is 1. The lowest BCUT2D eigenvalue weighted by molar-refractivity contribution is -0.274. The zero-order valence-corrected chi connectivity index (χ0v) is 14.9. The lowest BCUT2D eigenvalue weighted by Gasteiger charge is -2.10. The number of rotatable bonds is 5. The van der Waals surface area contributed by atoms with Gasteiger partial charge in [0.1, 0.15) is 5.75 Å². The second-order valence-corrected chi connectivity index (χ2v) is 6.21. The standard InChI is InChI=1S/C19H15F3N6O/c20-19(21,22)29-14-4-1-11(2-5-14)8-24-18-25-9-13(10-26-18)12-3-6-15-16(7-12)27-28-17(15)23/h1-7,9-10H,8H2,(H3,23,27,28)(H,24,25,26). The predicted octanol–water partition coefficient (Wildman–Crippen LogP) is 4.11. The highest BCUT2D eigenvalue weighted by molar-refractivity contribution is 5.91. The maximum atomic E-state index is 12.2. The minimum atomic E-state index is -4.70. The van der Waals surface area contributed by atoms with Gasteiger partial charge in [-0.2, -0.15) is 5.10 Å². The molecule has 7 nitrogen and oxygen atoms in total. The van der Waals surface area contributed by atoms with E-state index in [9.17, 15) is 13.2 Å². The van der Waals surface area contributed by atoms with Crippen molar-refractivity contribution in [2.45, 2.75) is 12.9 Å². The molecule has 0 atom stereocenters. The molecule has 2 heterocycles. The third kappa shape index (κ3) is 4.37. The van der Waals surface area contributed by atoms with Gasteiger partial charge in [0.25, 0.3) is 0 Å². The minimum absolute atomic E-state index is 0.266. The summed E-state index contributed by atoms with van der Waals surface area (Å²) in [7, 11) is 0. The van der Waals surface area contributed by atoms with Gasteiger partial charge in [0.2, 0.25) is 5.95 Å². The lowest BCUT2D eigenvalue weighted by atomic mass is 10.1. The number of nitrogens with one attached hydrogen (secondary N) is 2. The molecule has 0 saturated carbocycles. The molecule has 4 aromatic rings. The van der Waals surface area contributed by atoms with E-state index in [4.69, 9.17) is 5.73 Å². The van der Waals surface area contributed by atoms with Gasteiger partial charge in [-0.05, 0) is 35.4 Å². The molecule has 2 aromatic heterocycles. The molecule has 148 valence electrons. The van der Waals surface area contributed by atoms with E-state index < -0.39 is 6.36 Å². The molecule has 0 aliphatic rings. The Morgan fingerprint density at radius 2 is 1.72 bits per heavy atom. The molecular formula is C19H15F3N6O. The fraction of sp³-hybridized carbons (Fsp3) is 0.105. The number of hydrogen-bond donors (Lipinski definition) is 3. The average molecular weight is 400 g/mol. The molecular weight excluding hydrogens is 385 g/mol. The van der Waals surface area contributed by atoms with Crippen molar-refractivity contribution in [3.05, 3.63) is 60.4 Å². The molecule has 2 aromatic carbocycles. The molecule has 0 spiro atoms. The van der Waals surface area contributed by atoms with Gasteiger partial charge < -0.3 is 15.8 Å². The fourth-order valence-electron chi connectivity index (χ4n) is 2.78. The molecule has 0 fully saturated rings. The van der Waals surface area contributed by atoms with Gasteiger partial charge in [0.05, 0.1) is 5.52 Å². The molecule has 0 aliphatic carbocycles. The van der Waals surface area contributed by atoms with Crippen molar-refractivity contribution < 1.29 is 17.9 Å². The Hall–Kier alpha value is -3.82. The number of alkyl halides is 3. The number of aromatic amines is 1. The van der Waals surface area contributed by atoms with E-state index >= 15 is 0 Å². The first-order valence-electron chi connectivity index (χ1n) is 8.52. The number of hydrogen-bond acceptors (Lipinski definition) is 6. The Morgan fingerprint density at radius 3 is 2.41 bits per heavy atom. The maximum Gasteiger partial charge on any atom is 0.573 e. The molecule has 10 heteroatoms. The number of nitrogen functional groups attached to an aromatic ring is 1. The van der Waals surface area contributed by atoms with Crippen LogP contribution in [0.2, 0.25) is 0 Å². The Morgan fingerprint density at radius 1 is 1.00 bits per heavy atom. The van der Waals surface area contributed by atoms with Crippen molar-refractivity contribution in [3.63, 3.8) is 0 Å². The van der Waals surface area contributed by atoms with Crippen molar-refractivity contribution >= 4 is 22.7 Å². The molecule has 0 bridgehead atoms. The Kier molecular flexibility index (Phi) is 4.67. The van der Waals surface area contributed by atoms with E-state index in [-0.39, 0.29) is 5.75 Å². The first-order chi connectivity index (χ1) is 13.9. The number of aromatic nitrogens is 4. The summed E-state index contributed by atoms with van der Waals surface area (Å²) in [4.78, 5) is 8.55. The summed E-state index contributed by atoms with van der Waals surface area (Å²) >= 11 is 0. The summed E-state index contributed by atoms with van der Waals surface area (Å²) in [6.07, 6.45) is -1.35. The van der Waals surface area contributed by atoms with Crippen LogP contribution >= 0.6 is 0 Å². The van der Waals surface area contributed by atoms with Crippen molar-refractivity contribution in [2.24, 2.45) is 0 Å². The number of halogens is 3. The zero-order valence-electron chi connectivity index (χ0n) is 14.9. The quantitative estimate of drug-likeness (QED) is 0.466. The van der Waals surface area contributed by atoms with E-state index in [1.54, 1.807) is 12.4 Å². The van der Waals surface area contributed by atoms with Gasteiger partial charge in [0, 0.05) is 29.9 Å². The van der Waals surface area contributed by atoms with Gasteiger partial charge in [0.15, 0.2) is 5.82 Å². The van der Waals surface area contributed by atoms with E-state index in [1.807, 2.05) is 18.2 Å². The summed E-state index contributed by atoms with van der Waals surface area (Å²) in [5, 5.41) is 10.7. The second-order valence-electron chi connectivity index (χ2n) is 6.21. The smallest absolute Gasteiger partial charge is 0.406 e. The maximum absolute atomic E-state index is 12.2. The molecule has 0 aliphatic heterocycles. The van der Waals surface area contributed by atoms with Crippen LogP contribution in [0.15, 0.2) is 54.9 Å². The van der Waals surface area contributed by atoms with Crippen LogP contribution < -0.4 is 15.8 Å². The van der Waals surface area contributed by atoms with E-state index in [1.165, 1.54) is 24.3 Å². The van der Waals surface area contributed by atoms with Gasteiger partial charge in [-0.3, -0.25) is 5.10 Å². The summed E-state index contributed by atoms with van der Waals surface area (Å²) in [5.74, 6) is 0.578. The molecule has 0 saturated heterocycles. The normalized spacial score (nSPS) is 11.6. The first-order valence-corrected chi connectivity index (χ1v) is 8.52. The van der Waals surface area contributed by atoms with E-state index in [0.29, 0.717) is 18.3 Å². The van der Waals surface area contributed by atoms with Crippen LogP contribution in [0.5, 0.6) is 5.75 Å². The highest BCUT2D eigenvalue weighted by Gasteiger charge is 2.30. The van der Waals surface area contributed by atoms with Crippen molar-refractivity contribution in [3.8, 4) is 16.9 Å². The molecule has 0 amide bonds. The molecule has 4 rings (SSSR count). The van der Waals surface area contributed by atoms with Crippen LogP contribution in [0.3, 0.4) is 0 Å². The van der Waals surface area contributed by atoms with Gasteiger partial charge in [-0.25, -0.2) is 9.97 Å². The Bertz CT molecular complexity index is 1120. The highest BCUT2D eigenvalue weighted by atomic mass is 19.4. The highest BCUT2D eigenvalue weighted by Crippen LogP contribution is 2.26. The van der Waals surface area contributed by atoms with Crippen LogP contribution in [0.1, 0.15) is 5.56 Å². The minimum Gasteiger partial charge on any atom is -0.406 e. The molecule has 0 unspecified atom stereocenters. The largest absolute Gasteiger partial charge is 0.573 e. The second kappa shape index (κ2) is 7.30. The van der Waals surface area contributed by atoms with Crippen molar-refractivity contribution in [1.82, 2.24) is 20.2 Å². The number of anilines is 2. The summed E-state index contributed by atoms with van der Waals surface area (Å²) < 4.78 is 40.4. The number of ether oxygens (including phenoxy) is 1. The van der Waals surface area contributed by atoms with Crippen molar-refractivity contribution in [1.29, 1.82) is 0 Å². The monoisotopic (exact) mass is 400 g/mol. The first kappa shape index (κ1) is 18.5. The fourth-order valence-corrected chi connectivity index (χ4v) is 2.78. The van der Waals surface area contributed by atoms with Crippen molar-refractivity contribution in [2.75, 3.05) is 11.1 Å². The summed E-state index contributed by atoms with van der Waals surface area (Å²) in [5.41, 5.74) is 9.08. The van der Waals surface area contributed by atoms with E-state index in [0.717, 1.165) is 27.6 Å². The molecule has 0 radical (unpaired) electrons. The average Bonchev–Trinajstić information content (AvgIpc) is 3.07. The van der Waals surface area contributed by atoms with Crippen LogP contribution in [0.25, 0.3) is 22.0 Å². The van der Waals surface area contributed by atoms with Gasteiger partial charge in [-0.1, -0.05) is 18.2 Å². The third-order valence-corrected chi connectivity index (χ3v) is 4.19. The van der Waals surface area contributed by atoms with E-state index in [2.05, 4.69) is 30.2 Å². The number of nitrogens with zero attached hydrogens (tertiary/aromatic N) is 3.